The van der Waals surface area contributed by atoms with Crippen molar-refractivity contribution in [1.29, 1.82) is 0 Å². The zero-order valence-corrected chi connectivity index (χ0v) is 24.3. The Bertz CT molecular complexity index is 1740. The topological polar surface area (TPSA) is 250 Å². The number of halogens is 1. The van der Waals surface area contributed by atoms with Crippen LogP contribution < -0.4 is 21.5 Å². The SMILES string of the molecule is Nc1ncnc2c1ncn2[C@H]1C[C@@H]2OP(O)(=S)OC[C@H]3O[C@@H](n4cnc5c4NC=NC5N)[C@H](F)[C@@H]3OS(=O)(=O)NC[C@H]2O1. The summed E-state index contributed by atoms with van der Waals surface area (Å²) in [5, 5.41) is 2.84. The maximum Gasteiger partial charge on any atom is 0.336 e. The third-order valence-corrected chi connectivity index (χ3v) is 9.91. The normalized spacial score (nSPS) is 37.6. The molecule has 4 aliphatic heterocycles. The highest BCUT2D eigenvalue weighted by Crippen LogP contribution is 2.50. The van der Waals surface area contributed by atoms with Crippen LogP contribution in [0, 0.1) is 0 Å². The van der Waals surface area contributed by atoms with Gasteiger partial charge in [-0.15, -0.1) is 0 Å². The van der Waals surface area contributed by atoms with Crippen molar-refractivity contribution in [3.63, 3.8) is 0 Å². The van der Waals surface area contributed by atoms with Crippen LogP contribution in [0.15, 0.2) is 24.0 Å². The van der Waals surface area contributed by atoms with Crippen molar-refractivity contribution in [2.24, 2.45) is 10.7 Å². The zero-order valence-electron chi connectivity index (χ0n) is 21.8. The van der Waals surface area contributed by atoms with Gasteiger partial charge in [0.2, 0.25) is 0 Å². The average molecular weight is 662 g/mol. The minimum atomic E-state index is -4.57. The Morgan fingerprint density at radius 2 is 1.95 bits per heavy atom. The first-order chi connectivity index (χ1) is 20.5. The van der Waals surface area contributed by atoms with E-state index in [0.29, 0.717) is 22.7 Å². The largest absolute Gasteiger partial charge is 0.382 e. The number of nitrogens with zero attached hydrogens (tertiary/aromatic N) is 7. The van der Waals surface area contributed by atoms with Gasteiger partial charge in [-0.2, -0.15) is 13.1 Å². The fourth-order valence-electron chi connectivity index (χ4n) is 5.33. The molecule has 23 heteroatoms. The lowest BCUT2D eigenvalue weighted by atomic mass is 10.1. The number of hydrogen-bond acceptors (Lipinski definition) is 16. The van der Waals surface area contributed by atoms with Crippen LogP contribution in [0.2, 0.25) is 0 Å². The zero-order chi connectivity index (χ0) is 30.1. The van der Waals surface area contributed by atoms with Crippen LogP contribution in [0.5, 0.6) is 0 Å². The molecule has 3 fully saturated rings. The summed E-state index contributed by atoms with van der Waals surface area (Å²) in [4.78, 5) is 31.4. The molecule has 4 aliphatic rings. The Labute approximate surface area is 247 Å². The summed E-state index contributed by atoms with van der Waals surface area (Å²) in [6.07, 6.45) is -4.50. The highest BCUT2D eigenvalue weighted by Gasteiger charge is 2.51. The maximum absolute atomic E-state index is 15.9. The first-order valence-corrected chi connectivity index (χ1v) is 16.8. The van der Waals surface area contributed by atoms with E-state index in [1.54, 1.807) is 4.57 Å². The number of anilines is 2. The van der Waals surface area contributed by atoms with Gasteiger partial charge in [-0.05, 0) is 11.8 Å². The molecule has 3 saturated heterocycles. The Kier molecular flexibility index (Phi) is 7.21. The molecule has 43 heavy (non-hydrogen) atoms. The molecule has 7 N–H and O–H groups in total. The van der Waals surface area contributed by atoms with E-state index in [0.717, 1.165) is 0 Å². The van der Waals surface area contributed by atoms with Gasteiger partial charge >= 0.3 is 17.0 Å². The molecule has 7 rings (SSSR count). The molecule has 2 unspecified atom stereocenters. The molecule has 3 aromatic rings. The molecule has 3 aromatic heterocycles. The standard InChI is InChI=1S/C20H25FN11O8PS2/c21-12-15-10(38-20(12)32-7-29-14-17(23)25-5-27-19(14)32)3-36-41(33,42)39-8-1-11(37-9(8)2-30-43(34,35)40-15)31-6-28-13-16(22)24-4-26-18(13)31/h4-12,15,17,20,30H,1-3,23H2,(H,25,27)(H,33,42)(H2,22,24,26)/t8-,9+,10+,11+,12+,15+,17?,20+,41?/m0/s1. The summed E-state index contributed by atoms with van der Waals surface area (Å²) in [5.74, 6) is 0.473. The molecule has 0 aliphatic carbocycles. The lowest BCUT2D eigenvalue weighted by Crippen LogP contribution is -2.44. The third kappa shape index (κ3) is 5.31. The van der Waals surface area contributed by atoms with Crippen LogP contribution >= 0.6 is 6.72 Å². The molecule has 19 nitrogen and oxygen atoms in total. The monoisotopic (exact) mass is 661 g/mol. The minimum absolute atomic E-state index is 0.103. The Morgan fingerprint density at radius 1 is 1.14 bits per heavy atom. The number of imidazole rings is 2. The van der Waals surface area contributed by atoms with Crippen molar-refractivity contribution in [3.05, 3.63) is 24.7 Å². The maximum atomic E-state index is 15.9. The number of aliphatic imine (C=N–C) groups is 1. The number of aromatic nitrogens is 6. The second-order valence-electron chi connectivity index (χ2n) is 9.98. The van der Waals surface area contributed by atoms with Gasteiger partial charge < -0.3 is 40.2 Å². The van der Waals surface area contributed by atoms with Gasteiger partial charge in [0.25, 0.3) is 0 Å². The van der Waals surface area contributed by atoms with Gasteiger partial charge in [0.1, 0.15) is 54.1 Å². The van der Waals surface area contributed by atoms with Crippen molar-refractivity contribution < 1.29 is 40.4 Å². The summed E-state index contributed by atoms with van der Waals surface area (Å²) in [6, 6.07) is 0. The van der Waals surface area contributed by atoms with Gasteiger partial charge in [-0.25, -0.2) is 28.5 Å². The van der Waals surface area contributed by atoms with Gasteiger partial charge in [-0.3, -0.25) is 14.1 Å². The van der Waals surface area contributed by atoms with Crippen LogP contribution in [0.1, 0.15) is 30.7 Å². The number of fused-ring (bicyclic) bond motifs is 4. The number of alkyl halides is 1. The third-order valence-electron chi connectivity index (χ3n) is 7.33. The van der Waals surface area contributed by atoms with E-state index < -0.39 is 72.8 Å². The summed E-state index contributed by atoms with van der Waals surface area (Å²) in [5.41, 5.74) is 12.9. The molecule has 0 saturated carbocycles. The number of hydrogen-bond donors (Lipinski definition) is 5. The van der Waals surface area contributed by atoms with E-state index in [1.165, 1.54) is 29.9 Å². The molecule has 232 valence electrons. The van der Waals surface area contributed by atoms with Crippen molar-refractivity contribution in [1.82, 2.24) is 33.8 Å². The number of nitrogens with one attached hydrogen (secondary N) is 2. The quantitative estimate of drug-likeness (QED) is 0.209. The van der Waals surface area contributed by atoms with E-state index in [2.05, 4.69) is 35.0 Å². The predicted octanol–water partition coefficient (Wildman–Crippen LogP) is -0.909. The predicted molar refractivity (Wildman–Crippen MR) is 147 cm³/mol. The smallest absolute Gasteiger partial charge is 0.336 e. The van der Waals surface area contributed by atoms with Crippen molar-refractivity contribution >= 4 is 58.0 Å². The van der Waals surface area contributed by atoms with E-state index in [4.69, 9.17) is 46.0 Å². The van der Waals surface area contributed by atoms with E-state index in [9.17, 15) is 13.3 Å². The van der Waals surface area contributed by atoms with E-state index >= 15 is 4.39 Å². The summed E-state index contributed by atoms with van der Waals surface area (Å²) >= 11 is 5.25. The van der Waals surface area contributed by atoms with Crippen LogP contribution in [0.4, 0.5) is 16.0 Å². The van der Waals surface area contributed by atoms with Crippen LogP contribution in [0.25, 0.3) is 11.2 Å². The molecular weight excluding hydrogens is 636 g/mol. The fourth-order valence-corrected chi connectivity index (χ4v) is 7.76. The summed E-state index contributed by atoms with van der Waals surface area (Å²) in [6.45, 7) is -4.93. The number of nitrogen functional groups attached to an aromatic ring is 1. The van der Waals surface area contributed by atoms with E-state index in [1.807, 2.05) is 0 Å². The fraction of sp³-hybridized carbons (Fsp3) is 0.550. The summed E-state index contributed by atoms with van der Waals surface area (Å²) in [7, 11) is -4.57. The van der Waals surface area contributed by atoms with Crippen LogP contribution in [0.3, 0.4) is 0 Å². The number of nitrogens with two attached hydrogens (primary N) is 2. The number of rotatable bonds is 2. The molecule has 0 bridgehead atoms. The lowest BCUT2D eigenvalue weighted by Gasteiger charge is -2.27. The van der Waals surface area contributed by atoms with Gasteiger partial charge in [0, 0.05) is 13.0 Å². The first-order valence-electron chi connectivity index (χ1n) is 12.8. The Balaban J connectivity index is 1.13. The van der Waals surface area contributed by atoms with E-state index in [-0.39, 0.29) is 18.8 Å². The molecular formula is C20H25FN11O8PS2. The molecule has 0 amide bonds. The molecule has 0 radical (unpaired) electrons. The van der Waals surface area contributed by atoms with Gasteiger partial charge in [-0.1, -0.05) is 0 Å². The highest BCUT2D eigenvalue weighted by molar-refractivity contribution is 8.07. The van der Waals surface area contributed by atoms with Crippen molar-refractivity contribution in [2.45, 2.75) is 55.6 Å². The lowest BCUT2D eigenvalue weighted by molar-refractivity contribution is -0.0459. The van der Waals surface area contributed by atoms with Gasteiger partial charge in [0.15, 0.2) is 23.9 Å². The van der Waals surface area contributed by atoms with Gasteiger partial charge in [0.05, 0.1) is 31.7 Å². The van der Waals surface area contributed by atoms with Crippen LogP contribution in [-0.4, -0.2) is 92.5 Å². The first kappa shape index (κ1) is 29.0. The number of ether oxygens (including phenoxy) is 2. The van der Waals surface area contributed by atoms with Crippen molar-refractivity contribution in [2.75, 3.05) is 24.2 Å². The second-order valence-corrected chi connectivity index (χ2v) is 14.2. The van der Waals surface area contributed by atoms with Crippen LogP contribution in [-0.2, 0) is 44.8 Å². The van der Waals surface area contributed by atoms with Crippen molar-refractivity contribution in [3.8, 4) is 0 Å². The highest BCUT2D eigenvalue weighted by atomic mass is 32.5. The molecule has 9 atom stereocenters. The average Bonchev–Trinajstić information content (AvgIpc) is 3.72. The summed E-state index contributed by atoms with van der Waals surface area (Å²) < 4.78 is 75.6. The molecule has 0 spiro atoms. The minimum Gasteiger partial charge on any atom is -0.382 e. The Morgan fingerprint density at radius 3 is 2.79 bits per heavy atom. The molecule has 0 aromatic carbocycles. The Hall–Kier alpha value is -2.76. The second kappa shape index (κ2) is 10.7. The molecule has 7 heterocycles.